The third-order valence-electron chi connectivity index (χ3n) is 2.08. The molecule has 1 N–H and O–H groups in total. The van der Waals surface area contributed by atoms with E-state index in [1.54, 1.807) is 0 Å². The maximum atomic E-state index is 11.7. The molecule has 0 aromatic carbocycles. The molecule has 0 saturated carbocycles. The summed E-state index contributed by atoms with van der Waals surface area (Å²) in [6.45, 7) is 4.83. The number of aliphatic carboxylic acids is 1. The quantitative estimate of drug-likeness (QED) is 0.692. The first-order chi connectivity index (χ1) is 7.32. The number of likely N-dealkylation sites (N-methyl/N-ethyl adjacent to an activating group) is 1. The summed E-state index contributed by atoms with van der Waals surface area (Å²) < 4.78 is 0. The van der Waals surface area contributed by atoms with Crippen molar-refractivity contribution >= 4 is 11.9 Å². The van der Waals surface area contributed by atoms with Crippen LogP contribution < -0.4 is 0 Å². The predicted molar refractivity (Wildman–Crippen MR) is 62.2 cm³/mol. The number of carbonyl (C=O) groups is 2. The van der Waals surface area contributed by atoms with Crippen molar-refractivity contribution in [2.75, 3.05) is 33.7 Å². The average Bonchev–Trinajstić information content (AvgIpc) is 2.09. The lowest BCUT2D eigenvalue weighted by molar-refractivity contribution is -0.144. The summed E-state index contributed by atoms with van der Waals surface area (Å²) in [6, 6.07) is 0. The summed E-state index contributed by atoms with van der Waals surface area (Å²) >= 11 is 0. The van der Waals surface area contributed by atoms with Crippen LogP contribution in [0, 0.1) is 5.92 Å². The van der Waals surface area contributed by atoms with Gasteiger partial charge in [0.2, 0.25) is 5.91 Å². The van der Waals surface area contributed by atoms with Crippen LogP contribution in [0.3, 0.4) is 0 Å². The van der Waals surface area contributed by atoms with Gasteiger partial charge in [0.05, 0.1) is 0 Å². The molecule has 0 aromatic rings. The molecule has 94 valence electrons. The third kappa shape index (κ3) is 7.23. The SMILES string of the molecule is CC(C)CC(=O)N(CCN(C)C)CC(=O)O. The number of carboxylic acids is 1. The van der Waals surface area contributed by atoms with Crippen molar-refractivity contribution in [3.63, 3.8) is 0 Å². The molecule has 0 aromatic heterocycles. The molecule has 1 amide bonds. The molecule has 0 bridgehead atoms. The number of hydrogen-bond acceptors (Lipinski definition) is 3. The van der Waals surface area contributed by atoms with Crippen molar-refractivity contribution in [3.05, 3.63) is 0 Å². The van der Waals surface area contributed by atoms with Gasteiger partial charge in [-0.25, -0.2) is 0 Å². The fourth-order valence-electron chi connectivity index (χ4n) is 1.25. The highest BCUT2D eigenvalue weighted by atomic mass is 16.4. The summed E-state index contributed by atoms with van der Waals surface area (Å²) in [6.07, 6.45) is 0.403. The Morgan fingerprint density at radius 1 is 1.19 bits per heavy atom. The van der Waals surface area contributed by atoms with Crippen molar-refractivity contribution < 1.29 is 14.7 Å². The van der Waals surface area contributed by atoms with Gasteiger partial charge >= 0.3 is 5.97 Å². The number of amides is 1. The second kappa shape index (κ2) is 7.22. The smallest absolute Gasteiger partial charge is 0.323 e. The molecule has 0 aliphatic rings. The lowest BCUT2D eigenvalue weighted by atomic mass is 10.1. The minimum absolute atomic E-state index is 0.0840. The Bertz CT molecular complexity index is 239. The Hall–Kier alpha value is -1.10. The molecule has 0 spiro atoms. The van der Waals surface area contributed by atoms with Gasteiger partial charge in [0.15, 0.2) is 0 Å². The number of rotatable bonds is 7. The molecule has 5 heteroatoms. The monoisotopic (exact) mass is 230 g/mol. The maximum Gasteiger partial charge on any atom is 0.323 e. The van der Waals surface area contributed by atoms with E-state index in [0.29, 0.717) is 19.5 Å². The lowest BCUT2D eigenvalue weighted by Gasteiger charge is -2.23. The van der Waals surface area contributed by atoms with Gasteiger partial charge in [0.1, 0.15) is 6.54 Å². The zero-order valence-corrected chi connectivity index (χ0v) is 10.6. The van der Waals surface area contributed by atoms with Crippen molar-refractivity contribution in [2.45, 2.75) is 20.3 Å². The van der Waals surface area contributed by atoms with Crippen molar-refractivity contribution in [2.24, 2.45) is 5.92 Å². The van der Waals surface area contributed by atoms with E-state index in [2.05, 4.69) is 0 Å². The first kappa shape index (κ1) is 14.9. The van der Waals surface area contributed by atoms with Gasteiger partial charge in [-0.05, 0) is 20.0 Å². The highest BCUT2D eigenvalue weighted by Gasteiger charge is 2.17. The standard InChI is InChI=1S/C11H22N2O3/c1-9(2)7-10(14)13(8-11(15)16)6-5-12(3)4/h9H,5-8H2,1-4H3,(H,15,16). The largest absolute Gasteiger partial charge is 0.480 e. The fourth-order valence-corrected chi connectivity index (χ4v) is 1.25. The van der Waals surface area contributed by atoms with Crippen molar-refractivity contribution in [3.8, 4) is 0 Å². The van der Waals surface area contributed by atoms with E-state index in [9.17, 15) is 9.59 Å². The molecule has 0 rings (SSSR count). The Morgan fingerprint density at radius 3 is 2.12 bits per heavy atom. The number of carboxylic acid groups (broad SMARTS) is 1. The van der Waals surface area contributed by atoms with Gasteiger partial charge in [-0.3, -0.25) is 9.59 Å². The Balaban J connectivity index is 4.29. The van der Waals surface area contributed by atoms with Gasteiger partial charge in [-0.1, -0.05) is 13.8 Å². The summed E-state index contributed by atoms with van der Waals surface area (Å²) in [7, 11) is 3.79. The van der Waals surface area contributed by atoms with Crippen LogP contribution in [0.2, 0.25) is 0 Å². The third-order valence-corrected chi connectivity index (χ3v) is 2.08. The average molecular weight is 230 g/mol. The molecule has 0 unspecified atom stereocenters. The Labute approximate surface area is 97.0 Å². The van der Waals surface area contributed by atoms with Crippen LogP contribution in [0.25, 0.3) is 0 Å². The summed E-state index contributed by atoms with van der Waals surface area (Å²) in [5.41, 5.74) is 0. The number of nitrogens with zero attached hydrogens (tertiary/aromatic N) is 2. The second-order valence-corrected chi connectivity index (χ2v) is 4.61. The molecule has 5 nitrogen and oxygen atoms in total. The molecule has 0 heterocycles. The van der Waals surface area contributed by atoms with Crippen LogP contribution >= 0.6 is 0 Å². The summed E-state index contributed by atoms with van der Waals surface area (Å²) in [5.74, 6) is -0.793. The summed E-state index contributed by atoms with van der Waals surface area (Å²) in [4.78, 5) is 25.7. The maximum absolute atomic E-state index is 11.7. The van der Waals surface area contributed by atoms with Crippen molar-refractivity contribution in [1.29, 1.82) is 0 Å². The predicted octanol–water partition coefficient (Wildman–Crippen LogP) is 0.507. The highest BCUT2D eigenvalue weighted by Crippen LogP contribution is 2.04. The van der Waals surface area contributed by atoms with Crippen LogP contribution in [0.5, 0.6) is 0 Å². The second-order valence-electron chi connectivity index (χ2n) is 4.61. The van der Waals surface area contributed by atoms with Crippen molar-refractivity contribution in [1.82, 2.24) is 9.80 Å². The molecule has 0 aliphatic carbocycles. The molecular formula is C11H22N2O3. The van der Waals surface area contributed by atoms with Crippen LogP contribution in [0.1, 0.15) is 20.3 Å². The molecular weight excluding hydrogens is 208 g/mol. The van der Waals surface area contributed by atoms with Gasteiger partial charge in [-0.2, -0.15) is 0 Å². The van der Waals surface area contributed by atoms with Gasteiger partial charge in [0, 0.05) is 19.5 Å². The molecule has 0 radical (unpaired) electrons. The topological polar surface area (TPSA) is 60.9 Å². The minimum Gasteiger partial charge on any atom is -0.480 e. The van der Waals surface area contributed by atoms with Crippen LogP contribution in [-0.2, 0) is 9.59 Å². The van der Waals surface area contributed by atoms with Gasteiger partial charge < -0.3 is 14.9 Å². The minimum atomic E-state index is -0.962. The van der Waals surface area contributed by atoms with E-state index < -0.39 is 5.97 Å². The Morgan fingerprint density at radius 2 is 1.75 bits per heavy atom. The molecule has 0 aliphatic heterocycles. The fraction of sp³-hybridized carbons (Fsp3) is 0.818. The van der Waals surface area contributed by atoms with E-state index in [1.165, 1.54) is 4.90 Å². The van der Waals surface area contributed by atoms with Gasteiger partial charge in [0.25, 0.3) is 0 Å². The summed E-state index contributed by atoms with van der Waals surface area (Å²) in [5, 5.41) is 8.72. The highest BCUT2D eigenvalue weighted by molar-refractivity contribution is 5.81. The number of hydrogen-bond donors (Lipinski definition) is 1. The van der Waals surface area contributed by atoms with Crippen LogP contribution in [0.4, 0.5) is 0 Å². The zero-order chi connectivity index (χ0) is 12.7. The van der Waals surface area contributed by atoms with E-state index in [-0.39, 0.29) is 18.4 Å². The first-order valence-electron chi connectivity index (χ1n) is 5.47. The molecule has 16 heavy (non-hydrogen) atoms. The normalized spacial score (nSPS) is 10.9. The van der Waals surface area contributed by atoms with Crippen LogP contribution in [-0.4, -0.2) is 60.5 Å². The molecule has 0 atom stereocenters. The van der Waals surface area contributed by atoms with Gasteiger partial charge in [-0.15, -0.1) is 0 Å². The number of carbonyl (C=O) groups excluding carboxylic acids is 1. The van der Waals surface area contributed by atoms with E-state index in [1.807, 2.05) is 32.8 Å². The van der Waals surface area contributed by atoms with E-state index in [4.69, 9.17) is 5.11 Å². The molecule has 0 fully saturated rings. The zero-order valence-electron chi connectivity index (χ0n) is 10.6. The van der Waals surface area contributed by atoms with Crippen LogP contribution in [0.15, 0.2) is 0 Å². The first-order valence-corrected chi connectivity index (χ1v) is 5.47. The Kier molecular flexibility index (Phi) is 6.72. The lowest BCUT2D eigenvalue weighted by Crippen LogP contribution is -2.40. The van der Waals surface area contributed by atoms with E-state index >= 15 is 0 Å². The molecule has 0 saturated heterocycles. The van der Waals surface area contributed by atoms with E-state index in [0.717, 1.165) is 0 Å².